The van der Waals surface area contributed by atoms with Gasteiger partial charge in [0.05, 0.1) is 12.1 Å². The number of carboxylic acid groups (broad SMARTS) is 1. The number of rotatable bonds is 4. The normalized spacial score (nSPS) is 15.8. The van der Waals surface area contributed by atoms with E-state index in [4.69, 9.17) is 5.11 Å². The summed E-state index contributed by atoms with van der Waals surface area (Å²) < 4.78 is 11.7. The highest BCUT2D eigenvalue weighted by Gasteiger charge is 2.28. The van der Waals surface area contributed by atoms with Crippen molar-refractivity contribution in [3.8, 4) is 0 Å². The van der Waals surface area contributed by atoms with Gasteiger partial charge in [-0.25, -0.2) is 0 Å². The van der Waals surface area contributed by atoms with E-state index in [0.717, 1.165) is 0 Å². The third kappa shape index (κ3) is 1.83. The minimum absolute atomic E-state index is 0.00810. The van der Waals surface area contributed by atoms with Crippen LogP contribution in [0.15, 0.2) is 12.7 Å². The maximum absolute atomic E-state index is 11.7. The molecule has 0 rings (SSSR count). The average Bonchev–Trinajstić information content (AvgIpc) is 1.88. The highest BCUT2D eigenvalue weighted by Crippen LogP contribution is 2.22. The molecule has 1 N–H and O–H groups in total. The molecule has 0 fully saturated rings. The predicted octanol–water partition coefficient (Wildman–Crippen LogP) is 1.62. The number of hydrogen-bond acceptors (Lipinski definition) is 1. The van der Waals surface area contributed by atoms with Crippen molar-refractivity contribution in [2.45, 2.75) is 13.3 Å². The number of aliphatic carboxylic acids is 1. The van der Waals surface area contributed by atoms with Crippen LogP contribution in [0.25, 0.3) is 0 Å². The first-order valence-electron chi connectivity index (χ1n) is 3.00. The first-order valence-corrected chi connectivity index (χ1v) is 3.00. The third-order valence-electron chi connectivity index (χ3n) is 1.55. The maximum Gasteiger partial charge on any atom is 0.313 e. The van der Waals surface area contributed by atoms with Crippen molar-refractivity contribution in [2.24, 2.45) is 5.41 Å². The number of halogens is 1. The van der Waals surface area contributed by atoms with Gasteiger partial charge >= 0.3 is 5.97 Å². The molecule has 0 aliphatic carbocycles. The molecule has 0 bridgehead atoms. The lowest BCUT2D eigenvalue weighted by Crippen LogP contribution is -2.25. The van der Waals surface area contributed by atoms with Crippen molar-refractivity contribution < 1.29 is 14.3 Å². The maximum atomic E-state index is 11.7. The van der Waals surface area contributed by atoms with Gasteiger partial charge < -0.3 is 5.11 Å². The summed E-state index contributed by atoms with van der Waals surface area (Å²) in [6, 6.07) is 0. The highest BCUT2D eigenvalue weighted by atomic mass is 19.1. The molecule has 58 valence electrons. The fourth-order valence-electron chi connectivity index (χ4n) is 0.493. The molecule has 0 heterocycles. The van der Waals surface area contributed by atoms with Crippen LogP contribution >= 0.6 is 0 Å². The molecule has 0 aliphatic heterocycles. The Morgan fingerprint density at radius 3 is 2.50 bits per heavy atom. The highest BCUT2D eigenvalue weighted by molar-refractivity contribution is 5.76. The van der Waals surface area contributed by atoms with Crippen molar-refractivity contribution in [3.63, 3.8) is 0 Å². The molecule has 1 atom stereocenters. The smallest absolute Gasteiger partial charge is 0.313 e. The van der Waals surface area contributed by atoms with E-state index < -0.39 is 18.1 Å². The van der Waals surface area contributed by atoms with Gasteiger partial charge in [-0.05, 0) is 13.3 Å². The van der Waals surface area contributed by atoms with Crippen LogP contribution in [0.5, 0.6) is 0 Å². The summed E-state index contributed by atoms with van der Waals surface area (Å²) in [4.78, 5) is 10.4. The zero-order valence-electron chi connectivity index (χ0n) is 5.93. The van der Waals surface area contributed by atoms with Crippen molar-refractivity contribution >= 4 is 5.97 Å². The van der Waals surface area contributed by atoms with E-state index in [9.17, 15) is 9.18 Å². The van der Waals surface area contributed by atoms with E-state index in [0.29, 0.717) is 0 Å². The standard InChI is InChI=1S/C7H11FO2/c1-3-7(2,4-5-8)6(9)10/h3H,1,4-5H2,2H3,(H,9,10). The van der Waals surface area contributed by atoms with E-state index in [1.807, 2.05) is 0 Å². The predicted molar refractivity (Wildman–Crippen MR) is 36.5 cm³/mol. The molecule has 3 heteroatoms. The Balaban J connectivity index is 4.22. The van der Waals surface area contributed by atoms with Gasteiger partial charge in [0.15, 0.2) is 0 Å². The van der Waals surface area contributed by atoms with E-state index in [2.05, 4.69) is 6.58 Å². The van der Waals surface area contributed by atoms with Gasteiger partial charge in [-0.1, -0.05) is 6.08 Å². The van der Waals surface area contributed by atoms with E-state index in [-0.39, 0.29) is 6.42 Å². The molecule has 0 aliphatic rings. The second kappa shape index (κ2) is 3.34. The third-order valence-corrected chi connectivity index (χ3v) is 1.55. The lowest BCUT2D eigenvalue weighted by Gasteiger charge is -2.17. The second-order valence-electron chi connectivity index (χ2n) is 2.37. The van der Waals surface area contributed by atoms with E-state index in [1.54, 1.807) is 0 Å². The summed E-state index contributed by atoms with van der Waals surface area (Å²) in [5.41, 5.74) is -1.10. The summed E-state index contributed by atoms with van der Waals surface area (Å²) in [7, 11) is 0. The molecule has 2 nitrogen and oxygen atoms in total. The van der Waals surface area contributed by atoms with Crippen LogP contribution in [0.3, 0.4) is 0 Å². The van der Waals surface area contributed by atoms with Gasteiger partial charge in [0.25, 0.3) is 0 Å². The summed E-state index contributed by atoms with van der Waals surface area (Å²) in [5.74, 6) is -1.03. The molecule has 0 amide bonds. The number of carboxylic acids is 1. The monoisotopic (exact) mass is 146 g/mol. The van der Waals surface area contributed by atoms with Crippen LogP contribution in [0, 0.1) is 5.41 Å². The van der Waals surface area contributed by atoms with Gasteiger partial charge in [-0.2, -0.15) is 0 Å². The Morgan fingerprint density at radius 1 is 1.90 bits per heavy atom. The second-order valence-corrected chi connectivity index (χ2v) is 2.37. The Morgan fingerprint density at radius 2 is 2.40 bits per heavy atom. The van der Waals surface area contributed by atoms with Crippen LogP contribution in [0.2, 0.25) is 0 Å². The summed E-state index contributed by atoms with van der Waals surface area (Å²) >= 11 is 0. The zero-order valence-corrected chi connectivity index (χ0v) is 5.93. The molecule has 0 aromatic heterocycles. The molecule has 0 radical (unpaired) electrons. The van der Waals surface area contributed by atoms with Gasteiger partial charge in [0.2, 0.25) is 0 Å². The lowest BCUT2D eigenvalue weighted by molar-refractivity contribution is -0.145. The molecule has 0 spiro atoms. The molecular formula is C7H11FO2. The van der Waals surface area contributed by atoms with Gasteiger partial charge in [0.1, 0.15) is 0 Å². The molecule has 1 unspecified atom stereocenters. The largest absolute Gasteiger partial charge is 0.481 e. The topological polar surface area (TPSA) is 37.3 Å². The van der Waals surface area contributed by atoms with Gasteiger partial charge in [0, 0.05) is 0 Å². The average molecular weight is 146 g/mol. The van der Waals surface area contributed by atoms with Crippen LogP contribution in [-0.4, -0.2) is 17.8 Å². The molecule has 0 saturated heterocycles. The lowest BCUT2D eigenvalue weighted by atomic mass is 9.88. The SMILES string of the molecule is C=CC(C)(CCF)C(=O)O. The molecule has 0 aromatic carbocycles. The first kappa shape index (κ1) is 9.14. The van der Waals surface area contributed by atoms with Crippen molar-refractivity contribution in [1.29, 1.82) is 0 Å². The van der Waals surface area contributed by atoms with E-state index in [1.165, 1.54) is 13.0 Å². The minimum atomic E-state index is -1.10. The number of alkyl halides is 1. The Bertz CT molecular complexity index is 145. The van der Waals surface area contributed by atoms with Crippen molar-refractivity contribution in [2.75, 3.05) is 6.67 Å². The zero-order chi connectivity index (χ0) is 8.20. The number of hydrogen-bond donors (Lipinski definition) is 1. The summed E-state index contributed by atoms with van der Waals surface area (Å²) in [6.07, 6.45) is 1.25. The fraction of sp³-hybridized carbons (Fsp3) is 0.571. The van der Waals surface area contributed by atoms with E-state index >= 15 is 0 Å². The van der Waals surface area contributed by atoms with Crippen molar-refractivity contribution in [1.82, 2.24) is 0 Å². The quantitative estimate of drug-likeness (QED) is 0.612. The summed E-state index contributed by atoms with van der Waals surface area (Å²) in [5, 5.41) is 8.53. The molecular weight excluding hydrogens is 135 g/mol. The molecule has 10 heavy (non-hydrogen) atoms. The minimum Gasteiger partial charge on any atom is -0.481 e. The summed E-state index contributed by atoms with van der Waals surface area (Å²) in [6.45, 7) is 4.14. The Kier molecular flexibility index (Phi) is 3.06. The van der Waals surface area contributed by atoms with Gasteiger partial charge in [-0.15, -0.1) is 6.58 Å². The van der Waals surface area contributed by atoms with Crippen LogP contribution in [0.4, 0.5) is 4.39 Å². The van der Waals surface area contributed by atoms with Crippen molar-refractivity contribution in [3.05, 3.63) is 12.7 Å². The first-order chi connectivity index (χ1) is 4.56. The molecule has 0 saturated carbocycles. The van der Waals surface area contributed by atoms with Crippen LogP contribution in [-0.2, 0) is 4.79 Å². The van der Waals surface area contributed by atoms with Crippen LogP contribution in [0.1, 0.15) is 13.3 Å². The number of carbonyl (C=O) groups is 1. The fourth-order valence-corrected chi connectivity index (χ4v) is 0.493. The van der Waals surface area contributed by atoms with Gasteiger partial charge in [-0.3, -0.25) is 9.18 Å². The van der Waals surface area contributed by atoms with Crippen LogP contribution < -0.4 is 0 Å². The molecule has 0 aromatic rings. The Labute approximate surface area is 59.4 Å². The Hall–Kier alpha value is -0.860.